The molecule has 1 aromatic carbocycles. The summed E-state index contributed by atoms with van der Waals surface area (Å²) in [7, 11) is 1.71. The van der Waals surface area contributed by atoms with Gasteiger partial charge < -0.3 is 14.8 Å². The molecule has 0 amide bonds. The minimum absolute atomic E-state index is 0.677. The molecule has 5 nitrogen and oxygen atoms in total. The van der Waals surface area contributed by atoms with Crippen molar-refractivity contribution in [3.63, 3.8) is 0 Å². The fourth-order valence-electron chi connectivity index (χ4n) is 1.93. The molecule has 0 saturated heterocycles. The van der Waals surface area contributed by atoms with E-state index in [0.717, 1.165) is 37.0 Å². The lowest BCUT2D eigenvalue weighted by Gasteiger charge is -2.10. The molecule has 0 atom stereocenters. The molecule has 0 saturated carbocycles. The van der Waals surface area contributed by atoms with E-state index in [1.54, 1.807) is 13.3 Å². The maximum Gasteiger partial charge on any atom is 0.207 e. The Hall–Kier alpha value is -2.01. The predicted octanol–water partition coefficient (Wildman–Crippen LogP) is 2.72. The van der Waals surface area contributed by atoms with E-state index < -0.39 is 0 Å². The Bertz CT molecular complexity index is 508. The molecular weight excluding hydrogens is 254 g/mol. The number of aromatic nitrogens is 2. The normalized spacial score (nSPS) is 10.5. The summed E-state index contributed by atoms with van der Waals surface area (Å²) in [5.74, 6) is 1.72. The second kappa shape index (κ2) is 7.55. The number of hydrogen-bond donors (Lipinski definition) is 1. The molecule has 0 aliphatic rings. The van der Waals surface area contributed by atoms with Gasteiger partial charge in [-0.15, -0.1) is 0 Å². The van der Waals surface area contributed by atoms with Crippen LogP contribution in [0, 0.1) is 0 Å². The van der Waals surface area contributed by atoms with E-state index in [0.29, 0.717) is 6.61 Å². The summed E-state index contributed by atoms with van der Waals surface area (Å²) in [5.41, 5.74) is 1.06. The van der Waals surface area contributed by atoms with Gasteiger partial charge in [-0.3, -0.25) is 4.57 Å². The van der Waals surface area contributed by atoms with E-state index in [4.69, 9.17) is 9.47 Å². The lowest BCUT2D eigenvalue weighted by molar-refractivity contribution is 0.197. The number of imidazole rings is 1. The zero-order valence-electron chi connectivity index (χ0n) is 12.0. The number of anilines is 1. The summed E-state index contributed by atoms with van der Waals surface area (Å²) < 4.78 is 12.5. The van der Waals surface area contributed by atoms with Gasteiger partial charge in [0.15, 0.2) is 0 Å². The van der Waals surface area contributed by atoms with Crippen molar-refractivity contribution in [1.29, 1.82) is 0 Å². The molecule has 0 radical (unpaired) electrons. The first-order valence-corrected chi connectivity index (χ1v) is 6.84. The third kappa shape index (κ3) is 3.74. The highest BCUT2D eigenvalue weighted by Gasteiger charge is 2.04. The highest BCUT2D eigenvalue weighted by Crippen LogP contribution is 2.18. The second-order valence-electron chi connectivity index (χ2n) is 4.32. The molecule has 0 aliphatic carbocycles. The highest BCUT2D eigenvalue weighted by atomic mass is 16.5. The fourth-order valence-corrected chi connectivity index (χ4v) is 1.93. The quantitative estimate of drug-likeness (QED) is 0.753. The van der Waals surface area contributed by atoms with Crippen molar-refractivity contribution in [2.24, 2.45) is 0 Å². The maximum atomic E-state index is 5.45. The minimum Gasteiger partial charge on any atom is -0.494 e. The van der Waals surface area contributed by atoms with Gasteiger partial charge in [0.2, 0.25) is 5.95 Å². The number of hydrogen-bond acceptors (Lipinski definition) is 4. The zero-order chi connectivity index (χ0) is 14.2. The summed E-state index contributed by atoms with van der Waals surface area (Å²) in [5, 5.41) is 3.31. The molecular formula is C15H21N3O2. The third-order valence-corrected chi connectivity index (χ3v) is 2.87. The predicted molar refractivity (Wildman–Crippen MR) is 79.7 cm³/mol. The molecule has 0 unspecified atom stereocenters. The lowest BCUT2D eigenvalue weighted by Crippen LogP contribution is -2.09. The average Bonchev–Trinajstić information content (AvgIpc) is 2.93. The number of nitrogens with one attached hydrogen (secondary N) is 1. The molecule has 5 heteroatoms. The van der Waals surface area contributed by atoms with Crippen molar-refractivity contribution >= 4 is 5.95 Å². The molecule has 20 heavy (non-hydrogen) atoms. The molecule has 1 aromatic heterocycles. The van der Waals surface area contributed by atoms with Crippen molar-refractivity contribution in [3.8, 4) is 11.4 Å². The van der Waals surface area contributed by atoms with Gasteiger partial charge in [0.05, 0.1) is 6.61 Å². The van der Waals surface area contributed by atoms with Crippen molar-refractivity contribution in [2.45, 2.75) is 13.3 Å². The van der Waals surface area contributed by atoms with Crippen LogP contribution < -0.4 is 10.1 Å². The van der Waals surface area contributed by atoms with Crippen LogP contribution in [0.2, 0.25) is 0 Å². The number of methoxy groups -OCH3 is 1. The van der Waals surface area contributed by atoms with Gasteiger partial charge in [-0.2, -0.15) is 0 Å². The van der Waals surface area contributed by atoms with E-state index in [2.05, 4.69) is 10.3 Å². The maximum absolute atomic E-state index is 5.45. The monoisotopic (exact) mass is 275 g/mol. The van der Waals surface area contributed by atoms with E-state index in [1.165, 1.54) is 0 Å². The topological polar surface area (TPSA) is 48.3 Å². The van der Waals surface area contributed by atoms with Crippen LogP contribution in [0.15, 0.2) is 36.7 Å². The van der Waals surface area contributed by atoms with Gasteiger partial charge >= 0.3 is 0 Å². The smallest absolute Gasteiger partial charge is 0.207 e. The highest BCUT2D eigenvalue weighted by molar-refractivity contribution is 5.44. The van der Waals surface area contributed by atoms with Gasteiger partial charge in [-0.05, 0) is 37.6 Å². The van der Waals surface area contributed by atoms with Crippen LogP contribution in [0.5, 0.6) is 5.75 Å². The molecule has 2 rings (SSSR count). The lowest BCUT2D eigenvalue weighted by atomic mass is 10.3. The Morgan fingerprint density at radius 1 is 1.25 bits per heavy atom. The number of rotatable bonds is 8. The van der Waals surface area contributed by atoms with E-state index >= 15 is 0 Å². The first-order valence-electron chi connectivity index (χ1n) is 6.84. The van der Waals surface area contributed by atoms with Crippen LogP contribution in [0.3, 0.4) is 0 Å². The molecule has 0 bridgehead atoms. The summed E-state index contributed by atoms with van der Waals surface area (Å²) in [4.78, 5) is 4.33. The van der Waals surface area contributed by atoms with E-state index in [-0.39, 0.29) is 0 Å². The van der Waals surface area contributed by atoms with Crippen molar-refractivity contribution in [3.05, 3.63) is 36.7 Å². The largest absolute Gasteiger partial charge is 0.494 e. The number of benzene rings is 1. The van der Waals surface area contributed by atoms with Crippen molar-refractivity contribution in [2.75, 3.05) is 32.2 Å². The Labute approximate surface area is 119 Å². The van der Waals surface area contributed by atoms with Crippen molar-refractivity contribution in [1.82, 2.24) is 9.55 Å². The van der Waals surface area contributed by atoms with Crippen LogP contribution in [-0.2, 0) is 4.74 Å². The van der Waals surface area contributed by atoms with Gasteiger partial charge in [0, 0.05) is 38.3 Å². The van der Waals surface area contributed by atoms with Crippen LogP contribution in [0.25, 0.3) is 5.69 Å². The van der Waals surface area contributed by atoms with Gasteiger partial charge in [-0.25, -0.2) is 4.98 Å². The van der Waals surface area contributed by atoms with Crippen LogP contribution in [0.1, 0.15) is 13.3 Å². The molecule has 0 aliphatic heterocycles. The Balaban J connectivity index is 2.03. The molecule has 1 heterocycles. The Morgan fingerprint density at radius 3 is 2.75 bits per heavy atom. The van der Waals surface area contributed by atoms with Gasteiger partial charge in [0.1, 0.15) is 5.75 Å². The standard InChI is InChI=1S/C15H21N3O2/c1-3-20-14-7-5-13(6-8-14)18-11-10-17-15(18)16-9-4-12-19-2/h5-8,10-11H,3-4,9,12H2,1-2H3,(H,16,17). The molecule has 2 aromatic rings. The summed E-state index contributed by atoms with van der Waals surface area (Å²) >= 11 is 0. The molecule has 108 valence electrons. The molecule has 0 spiro atoms. The summed E-state index contributed by atoms with van der Waals surface area (Å²) in [6.07, 6.45) is 4.68. The number of ether oxygens (including phenoxy) is 2. The minimum atomic E-state index is 0.677. The Kier molecular flexibility index (Phi) is 5.43. The van der Waals surface area contributed by atoms with Crippen LogP contribution >= 0.6 is 0 Å². The first kappa shape index (κ1) is 14.4. The third-order valence-electron chi connectivity index (χ3n) is 2.87. The average molecular weight is 275 g/mol. The zero-order valence-corrected chi connectivity index (χ0v) is 12.0. The van der Waals surface area contributed by atoms with Crippen molar-refractivity contribution < 1.29 is 9.47 Å². The summed E-state index contributed by atoms with van der Waals surface area (Å²) in [6, 6.07) is 7.97. The number of nitrogens with zero attached hydrogens (tertiary/aromatic N) is 2. The van der Waals surface area contributed by atoms with Crippen LogP contribution in [-0.4, -0.2) is 36.4 Å². The first-order chi connectivity index (χ1) is 9.85. The Morgan fingerprint density at radius 2 is 2.05 bits per heavy atom. The van der Waals surface area contributed by atoms with Gasteiger partial charge in [0.25, 0.3) is 0 Å². The van der Waals surface area contributed by atoms with E-state index in [9.17, 15) is 0 Å². The van der Waals surface area contributed by atoms with E-state index in [1.807, 2.05) is 42.0 Å². The molecule has 1 N–H and O–H groups in total. The second-order valence-corrected chi connectivity index (χ2v) is 4.32. The fraction of sp³-hybridized carbons (Fsp3) is 0.400. The summed E-state index contributed by atoms with van der Waals surface area (Å²) in [6.45, 7) is 4.24. The van der Waals surface area contributed by atoms with Crippen LogP contribution in [0.4, 0.5) is 5.95 Å². The molecule has 0 fully saturated rings. The SMILES string of the molecule is CCOc1ccc(-n2ccnc2NCCCOC)cc1. The van der Waals surface area contributed by atoms with Gasteiger partial charge in [-0.1, -0.05) is 0 Å².